The summed E-state index contributed by atoms with van der Waals surface area (Å²) in [5.41, 5.74) is 1.71. The van der Waals surface area contributed by atoms with Gasteiger partial charge < -0.3 is 15.0 Å². The van der Waals surface area contributed by atoms with Crippen LogP contribution in [0.25, 0.3) is 0 Å². The molecule has 0 bridgehead atoms. The van der Waals surface area contributed by atoms with E-state index in [0.29, 0.717) is 25.1 Å². The van der Waals surface area contributed by atoms with Crippen LogP contribution in [0.5, 0.6) is 0 Å². The van der Waals surface area contributed by atoms with Crippen LogP contribution in [0.1, 0.15) is 22.3 Å². The molecule has 1 aliphatic heterocycles. The highest BCUT2D eigenvalue weighted by molar-refractivity contribution is 5.94. The molecule has 1 heterocycles. The summed E-state index contributed by atoms with van der Waals surface area (Å²) in [5, 5.41) is 2.83. The van der Waals surface area contributed by atoms with E-state index in [9.17, 15) is 9.59 Å². The first-order valence-corrected chi connectivity index (χ1v) is 6.33. The zero-order valence-corrected chi connectivity index (χ0v) is 11.2. The number of likely N-dealkylation sites (N-methyl/N-ethyl adjacent to an activating group) is 1. The van der Waals surface area contributed by atoms with Gasteiger partial charge in [0, 0.05) is 25.6 Å². The topological polar surface area (TPSA) is 58.6 Å². The summed E-state index contributed by atoms with van der Waals surface area (Å²) in [6.45, 7) is 3.03. The van der Waals surface area contributed by atoms with Crippen molar-refractivity contribution >= 4 is 12.0 Å². The molecule has 0 aromatic heterocycles. The Hall–Kier alpha value is -2.04. The van der Waals surface area contributed by atoms with E-state index in [0.717, 1.165) is 5.56 Å². The average molecular weight is 262 g/mol. The van der Waals surface area contributed by atoms with Gasteiger partial charge in [0.25, 0.3) is 5.91 Å². The monoisotopic (exact) mass is 262 g/mol. The lowest BCUT2D eigenvalue weighted by Gasteiger charge is -2.09. The van der Waals surface area contributed by atoms with Crippen LogP contribution in [0.15, 0.2) is 24.3 Å². The number of hydrogen-bond donors (Lipinski definition) is 1. The van der Waals surface area contributed by atoms with Crippen molar-refractivity contribution in [3.8, 4) is 0 Å². The smallest absolute Gasteiger partial charge is 0.409 e. The number of carbonyl (C=O) groups is 2. The normalized spacial score (nSPS) is 18.3. The van der Waals surface area contributed by atoms with Gasteiger partial charge in [0.2, 0.25) is 0 Å². The Balaban J connectivity index is 1.77. The third-order valence-corrected chi connectivity index (χ3v) is 3.09. The van der Waals surface area contributed by atoms with E-state index in [-0.39, 0.29) is 18.1 Å². The molecule has 1 fully saturated rings. The maximum atomic E-state index is 11.9. The van der Waals surface area contributed by atoms with E-state index in [1.54, 1.807) is 13.1 Å². The molecule has 1 aliphatic rings. The molecule has 1 aromatic carbocycles. The van der Waals surface area contributed by atoms with Crippen molar-refractivity contribution in [1.82, 2.24) is 10.2 Å². The summed E-state index contributed by atoms with van der Waals surface area (Å²) in [6.07, 6.45) is 0.207. The Kier molecular flexibility index (Phi) is 4.04. The Labute approximate surface area is 112 Å². The highest BCUT2D eigenvalue weighted by Crippen LogP contribution is 2.11. The Morgan fingerprint density at radius 1 is 1.53 bits per heavy atom. The van der Waals surface area contributed by atoms with E-state index in [4.69, 9.17) is 4.74 Å². The van der Waals surface area contributed by atoms with Crippen LogP contribution >= 0.6 is 0 Å². The van der Waals surface area contributed by atoms with Crippen LogP contribution in [-0.4, -0.2) is 43.1 Å². The maximum absolute atomic E-state index is 11.9. The molecule has 1 atom stereocenters. The summed E-state index contributed by atoms with van der Waals surface area (Å²) in [7, 11) is 1.70. The molecule has 0 spiro atoms. The molecule has 1 unspecified atom stereocenters. The van der Waals surface area contributed by atoms with Crippen LogP contribution in [0.3, 0.4) is 0 Å². The number of carbonyl (C=O) groups excluding carboxylic acids is 2. The number of hydrogen-bond acceptors (Lipinski definition) is 3. The average Bonchev–Trinajstić information content (AvgIpc) is 2.68. The first-order valence-electron chi connectivity index (χ1n) is 6.33. The minimum atomic E-state index is -0.296. The predicted octanol–water partition coefficient (Wildman–Crippen LogP) is 1.57. The predicted molar refractivity (Wildman–Crippen MR) is 71.0 cm³/mol. The zero-order valence-electron chi connectivity index (χ0n) is 11.2. The zero-order chi connectivity index (χ0) is 13.8. The van der Waals surface area contributed by atoms with Gasteiger partial charge in [0.05, 0.1) is 6.54 Å². The molecule has 1 saturated heterocycles. The minimum absolute atomic E-state index is 0.0959. The number of benzene rings is 1. The first kappa shape index (κ1) is 13.4. The van der Waals surface area contributed by atoms with Gasteiger partial charge in [0.1, 0.15) is 6.10 Å². The van der Waals surface area contributed by atoms with E-state index in [1.165, 1.54) is 4.90 Å². The van der Waals surface area contributed by atoms with Crippen LogP contribution in [0.2, 0.25) is 0 Å². The van der Waals surface area contributed by atoms with E-state index in [2.05, 4.69) is 5.32 Å². The molecule has 5 heteroatoms. The molecule has 5 nitrogen and oxygen atoms in total. The third kappa shape index (κ3) is 3.47. The quantitative estimate of drug-likeness (QED) is 0.896. The van der Waals surface area contributed by atoms with Crippen molar-refractivity contribution in [1.29, 1.82) is 0 Å². The molecule has 1 N–H and O–H groups in total. The van der Waals surface area contributed by atoms with Crippen molar-refractivity contribution in [2.75, 3.05) is 20.1 Å². The van der Waals surface area contributed by atoms with Crippen molar-refractivity contribution in [3.05, 3.63) is 35.4 Å². The second kappa shape index (κ2) is 5.73. The van der Waals surface area contributed by atoms with Crippen molar-refractivity contribution < 1.29 is 14.3 Å². The third-order valence-electron chi connectivity index (χ3n) is 3.09. The fraction of sp³-hybridized carbons (Fsp3) is 0.429. The van der Waals surface area contributed by atoms with Crippen LogP contribution in [0, 0.1) is 6.92 Å². The summed E-state index contributed by atoms with van der Waals surface area (Å²) in [6, 6.07) is 7.44. The summed E-state index contributed by atoms with van der Waals surface area (Å²) >= 11 is 0. The van der Waals surface area contributed by atoms with Gasteiger partial charge in [-0.15, -0.1) is 0 Å². The number of amides is 2. The van der Waals surface area contributed by atoms with Crippen LogP contribution in [0.4, 0.5) is 4.79 Å². The molecule has 2 amide bonds. The van der Waals surface area contributed by atoms with Crippen molar-refractivity contribution in [3.63, 3.8) is 0 Å². The molecule has 2 rings (SSSR count). The van der Waals surface area contributed by atoms with Gasteiger partial charge in [-0.2, -0.15) is 0 Å². The number of nitrogens with zero attached hydrogens (tertiary/aromatic N) is 1. The lowest BCUT2D eigenvalue weighted by atomic mass is 10.1. The van der Waals surface area contributed by atoms with Crippen molar-refractivity contribution in [2.45, 2.75) is 19.4 Å². The summed E-state index contributed by atoms with van der Waals surface area (Å²) < 4.78 is 5.12. The molecule has 0 saturated carbocycles. The molecular weight excluding hydrogens is 244 g/mol. The minimum Gasteiger partial charge on any atom is -0.444 e. The van der Waals surface area contributed by atoms with Gasteiger partial charge in [-0.1, -0.05) is 17.7 Å². The Bertz CT molecular complexity index is 487. The molecule has 102 valence electrons. The van der Waals surface area contributed by atoms with Gasteiger partial charge in [0.15, 0.2) is 0 Å². The SMILES string of the molecule is Cc1cccc(C(=O)NCCC2CN(C)C(=O)O2)c1. The highest BCUT2D eigenvalue weighted by Gasteiger charge is 2.27. The summed E-state index contributed by atoms with van der Waals surface area (Å²) in [5.74, 6) is -0.0959. The Morgan fingerprint density at radius 2 is 2.32 bits per heavy atom. The standard InChI is InChI=1S/C14H18N2O3/c1-10-4-3-5-11(8-10)13(17)15-7-6-12-9-16(2)14(18)19-12/h3-5,8,12H,6-7,9H2,1-2H3,(H,15,17). The number of nitrogens with one attached hydrogen (secondary N) is 1. The number of cyclic esters (lactones) is 1. The van der Waals surface area contributed by atoms with E-state index in [1.807, 2.05) is 25.1 Å². The van der Waals surface area contributed by atoms with Crippen LogP contribution in [-0.2, 0) is 4.74 Å². The highest BCUT2D eigenvalue weighted by atomic mass is 16.6. The van der Waals surface area contributed by atoms with E-state index >= 15 is 0 Å². The largest absolute Gasteiger partial charge is 0.444 e. The van der Waals surface area contributed by atoms with Gasteiger partial charge in [-0.05, 0) is 19.1 Å². The molecule has 0 aliphatic carbocycles. The first-order chi connectivity index (χ1) is 9.06. The molecule has 1 aromatic rings. The lowest BCUT2D eigenvalue weighted by Crippen LogP contribution is -2.28. The van der Waals surface area contributed by atoms with Gasteiger partial charge in [-0.3, -0.25) is 4.79 Å². The lowest BCUT2D eigenvalue weighted by molar-refractivity contribution is 0.0944. The van der Waals surface area contributed by atoms with Crippen LogP contribution < -0.4 is 5.32 Å². The fourth-order valence-electron chi connectivity index (χ4n) is 2.04. The molecular formula is C14H18N2O3. The molecule has 0 radical (unpaired) electrons. The second-order valence-electron chi connectivity index (χ2n) is 4.80. The van der Waals surface area contributed by atoms with Gasteiger partial charge in [-0.25, -0.2) is 4.79 Å². The molecule has 19 heavy (non-hydrogen) atoms. The van der Waals surface area contributed by atoms with Crippen molar-refractivity contribution in [2.24, 2.45) is 0 Å². The fourth-order valence-corrected chi connectivity index (χ4v) is 2.04. The number of ether oxygens (including phenoxy) is 1. The Morgan fingerprint density at radius 3 is 2.95 bits per heavy atom. The second-order valence-corrected chi connectivity index (χ2v) is 4.80. The number of rotatable bonds is 4. The maximum Gasteiger partial charge on any atom is 0.409 e. The number of aryl methyl sites for hydroxylation is 1. The summed E-state index contributed by atoms with van der Waals surface area (Å²) in [4.78, 5) is 24.6. The van der Waals surface area contributed by atoms with E-state index < -0.39 is 0 Å². The van der Waals surface area contributed by atoms with Gasteiger partial charge >= 0.3 is 6.09 Å².